The molecule has 1 atom stereocenters. The Bertz CT molecular complexity index is 976. The SMILES string of the molecule is CN1C(=O)[C@]2(CCN(S(=O)(=O)c3cccc(Cl)c3)C2)c2ccccc21. The van der Waals surface area contributed by atoms with Gasteiger partial charge in [0.1, 0.15) is 0 Å². The van der Waals surface area contributed by atoms with E-state index >= 15 is 0 Å². The summed E-state index contributed by atoms with van der Waals surface area (Å²) in [5.74, 6) is -0.0440. The highest BCUT2D eigenvalue weighted by Crippen LogP contribution is 2.47. The molecule has 1 spiro atoms. The number of nitrogens with zero attached hydrogens (tertiary/aromatic N) is 2. The number of fused-ring (bicyclic) bond motifs is 2. The second-order valence-corrected chi connectivity index (χ2v) is 8.88. The summed E-state index contributed by atoms with van der Waals surface area (Å²) in [7, 11) is -1.95. The number of para-hydroxylation sites is 1. The number of hydrogen-bond donors (Lipinski definition) is 0. The minimum absolute atomic E-state index is 0.0440. The lowest BCUT2D eigenvalue weighted by Gasteiger charge is -2.23. The van der Waals surface area contributed by atoms with Gasteiger partial charge in [0.05, 0.1) is 10.3 Å². The van der Waals surface area contributed by atoms with Gasteiger partial charge >= 0.3 is 0 Å². The molecule has 0 radical (unpaired) electrons. The molecule has 1 amide bonds. The molecule has 7 heteroatoms. The Kier molecular flexibility index (Phi) is 3.68. The van der Waals surface area contributed by atoms with Gasteiger partial charge in [0.25, 0.3) is 0 Å². The summed E-state index contributed by atoms with van der Waals surface area (Å²) in [6.45, 7) is 0.463. The molecule has 2 aromatic rings. The lowest BCUT2D eigenvalue weighted by Crippen LogP contribution is -2.42. The zero-order chi connectivity index (χ0) is 17.8. The molecule has 2 aliphatic heterocycles. The summed E-state index contributed by atoms with van der Waals surface area (Å²) in [4.78, 5) is 14.7. The van der Waals surface area contributed by atoms with Crippen LogP contribution in [0.25, 0.3) is 0 Å². The molecule has 0 saturated carbocycles. The van der Waals surface area contributed by atoms with Crippen molar-refractivity contribution < 1.29 is 13.2 Å². The van der Waals surface area contributed by atoms with E-state index in [-0.39, 0.29) is 17.3 Å². The number of amides is 1. The maximum absolute atomic E-state index is 13.0. The summed E-state index contributed by atoms with van der Waals surface area (Å²) in [6, 6.07) is 13.8. The molecule has 2 aromatic carbocycles. The second kappa shape index (κ2) is 5.56. The first kappa shape index (κ1) is 16.6. The minimum Gasteiger partial charge on any atom is -0.314 e. The number of sulfonamides is 1. The molecule has 4 rings (SSSR count). The van der Waals surface area contributed by atoms with Crippen LogP contribution in [0.5, 0.6) is 0 Å². The van der Waals surface area contributed by atoms with Gasteiger partial charge in [-0.3, -0.25) is 4.79 Å². The molecule has 0 aromatic heterocycles. The zero-order valence-electron chi connectivity index (χ0n) is 13.6. The Morgan fingerprint density at radius 2 is 1.88 bits per heavy atom. The zero-order valence-corrected chi connectivity index (χ0v) is 15.2. The van der Waals surface area contributed by atoms with Crippen LogP contribution in [0.4, 0.5) is 5.69 Å². The van der Waals surface area contributed by atoms with E-state index < -0.39 is 15.4 Å². The first-order valence-electron chi connectivity index (χ1n) is 8.00. The van der Waals surface area contributed by atoms with E-state index in [2.05, 4.69) is 0 Å². The molecular weight excluding hydrogens is 360 g/mol. The normalized spacial score (nSPS) is 23.4. The van der Waals surface area contributed by atoms with Gasteiger partial charge in [-0.25, -0.2) is 8.42 Å². The van der Waals surface area contributed by atoms with E-state index in [1.54, 1.807) is 24.1 Å². The van der Waals surface area contributed by atoms with Gasteiger partial charge in [0.2, 0.25) is 15.9 Å². The van der Waals surface area contributed by atoms with Crippen molar-refractivity contribution in [1.29, 1.82) is 0 Å². The van der Waals surface area contributed by atoms with Gasteiger partial charge in [-0.15, -0.1) is 0 Å². The maximum atomic E-state index is 13.0. The molecule has 2 heterocycles. The quantitative estimate of drug-likeness (QED) is 0.809. The Balaban J connectivity index is 1.74. The number of halogens is 1. The molecule has 5 nitrogen and oxygen atoms in total. The molecule has 0 unspecified atom stereocenters. The topological polar surface area (TPSA) is 57.7 Å². The number of hydrogen-bond acceptors (Lipinski definition) is 3. The van der Waals surface area contributed by atoms with Crippen LogP contribution in [0, 0.1) is 0 Å². The van der Waals surface area contributed by atoms with Crippen LogP contribution in [0.15, 0.2) is 53.4 Å². The van der Waals surface area contributed by atoms with Gasteiger partial charge in [-0.05, 0) is 36.2 Å². The predicted molar refractivity (Wildman–Crippen MR) is 96.4 cm³/mol. The van der Waals surface area contributed by atoms with Gasteiger partial charge in [0.15, 0.2) is 0 Å². The van der Waals surface area contributed by atoms with Gasteiger partial charge in [-0.1, -0.05) is 35.9 Å². The molecule has 0 bridgehead atoms. The Morgan fingerprint density at radius 3 is 2.64 bits per heavy atom. The predicted octanol–water partition coefficient (Wildman–Crippen LogP) is 2.65. The van der Waals surface area contributed by atoms with Crippen molar-refractivity contribution in [2.24, 2.45) is 0 Å². The molecule has 1 fully saturated rings. The van der Waals surface area contributed by atoms with Crippen LogP contribution >= 0.6 is 11.6 Å². The number of anilines is 1. The van der Waals surface area contributed by atoms with Crippen LogP contribution in [-0.4, -0.2) is 38.8 Å². The van der Waals surface area contributed by atoms with E-state index in [0.29, 0.717) is 18.0 Å². The van der Waals surface area contributed by atoms with Gasteiger partial charge in [0, 0.05) is 30.8 Å². The summed E-state index contributed by atoms with van der Waals surface area (Å²) in [5.41, 5.74) is 0.970. The van der Waals surface area contributed by atoms with E-state index in [4.69, 9.17) is 11.6 Å². The molecule has 0 N–H and O–H groups in total. The van der Waals surface area contributed by atoms with Crippen molar-refractivity contribution in [3.05, 3.63) is 59.1 Å². The fraction of sp³-hybridized carbons (Fsp3) is 0.278. The maximum Gasteiger partial charge on any atom is 0.243 e. The van der Waals surface area contributed by atoms with E-state index in [0.717, 1.165) is 11.3 Å². The van der Waals surface area contributed by atoms with Crippen molar-refractivity contribution >= 4 is 33.2 Å². The Labute approximate surface area is 151 Å². The van der Waals surface area contributed by atoms with E-state index in [1.807, 2.05) is 24.3 Å². The average molecular weight is 377 g/mol. The molecule has 0 aliphatic carbocycles. The first-order valence-corrected chi connectivity index (χ1v) is 9.81. The van der Waals surface area contributed by atoms with Gasteiger partial charge < -0.3 is 4.90 Å². The van der Waals surface area contributed by atoms with Crippen LogP contribution in [0.1, 0.15) is 12.0 Å². The van der Waals surface area contributed by atoms with Crippen molar-refractivity contribution in [2.45, 2.75) is 16.7 Å². The highest BCUT2D eigenvalue weighted by Gasteiger charge is 2.55. The van der Waals surface area contributed by atoms with Crippen molar-refractivity contribution in [3.63, 3.8) is 0 Å². The molecule has 2 aliphatic rings. The highest BCUT2D eigenvalue weighted by atomic mass is 35.5. The third-order valence-corrected chi connectivity index (χ3v) is 7.24. The Morgan fingerprint density at radius 1 is 1.12 bits per heavy atom. The summed E-state index contributed by atoms with van der Waals surface area (Å²) in [6.07, 6.45) is 0.479. The number of carbonyl (C=O) groups excluding carboxylic acids is 1. The minimum atomic E-state index is -3.69. The third kappa shape index (κ3) is 2.32. The van der Waals surface area contributed by atoms with Crippen molar-refractivity contribution in [1.82, 2.24) is 4.31 Å². The largest absolute Gasteiger partial charge is 0.314 e. The standard InChI is InChI=1S/C18H17ClN2O3S/c1-20-16-8-3-2-7-15(16)18(17(20)22)9-10-21(12-18)25(23,24)14-6-4-5-13(19)11-14/h2-8,11H,9-10,12H2,1H3/t18-/m0/s1. The molecule has 130 valence electrons. The smallest absolute Gasteiger partial charge is 0.243 e. The van der Waals surface area contributed by atoms with E-state index in [9.17, 15) is 13.2 Å². The van der Waals surface area contributed by atoms with Crippen molar-refractivity contribution in [3.8, 4) is 0 Å². The number of rotatable bonds is 2. The van der Waals surface area contributed by atoms with E-state index in [1.165, 1.54) is 16.4 Å². The molecular formula is C18H17ClN2O3S. The number of benzene rings is 2. The summed E-state index contributed by atoms with van der Waals surface area (Å²) < 4.78 is 27.3. The van der Waals surface area contributed by atoms with Crippen molar-refractivity contribution in [2.75, 3.05) is 25.0 Å². The second-order valence-electron chi connectivity index (χ2n) is 6.51. The summed E-state index contributed by atoms with van der Waals surface area (Å²) >= 11 is 5.94. The number of likely N-dealkylation sites (N-methyl/N-ethyl adjacent to an activating group) is 1. The molecule has 1 saturated heterocycles. The lowest BCUT2D eigenvalue weighted by molar-refractivity contribution is -0.122. The molecule has 25 heavy (non-hydrogen) atoms. The fourth-order valence-corrected chi connectivity index (χ4v) is 5.67. The van der Waals surface area contributed by atoms with Gasteiger partial charge in [-0.2, -0.15) is 4.31 Å². The van der Waals surface area contributed by atoms with Crippen LogP contribution in [0.3, 0.4) is 0 Å². The van der Waals surface area contributed by atoms with Crippen LogP contribution < -0.4 is 4.90 Å². The van der Waals surface area contributed by atoms with Crippen LogP contribution in [0.2, 0.25) is 5.02 Å². The monoisotopic (exact) mass is 376 g/mol. The lowest BCUT2D eigenvalue weighted by atomic mass is 9.81. The summed E-state index contributed by atoms with van der Waals surface area (Å²) in [5, 5.41) is 0.372. The van der Waals surface area contributed by atoms with Crippen LogP contribution in [-0.2, 0) is 20.2 Å². The fourth-order valence-electron chi connectivity index (χ4n) is 3.87. The highest BCUT2D eigenvalue weighted by molar-refractivity contribution is 7.89. The Hall–Kier alpha value is -1.89. The first-order chi connectivity index (χ1) is 11.9. The average Bonchev–Trinajstić information content (AvgIpc) is 3.14. The third-order valence-electron chi connectivity index (χ3n) is 5.16. The number of carbonyl (C=O) groups is 1.